The highest BCUT2D eigenvalue weighted by molar-refractivity contribution is 5.91. The first-order chi connectivity index (χ1) is 15.0. The maximum absolute atomic E-state index is 14.7. The van der Waals surface area contributed by atoms with Crippen molar-refractivity contribution in [3.05, 3.63) is 59.9 Å². The smallest absolute Gasteiger partial charge is 0.343 e. The first kappa shape index (κ1) is 20.5. The maximum atomic E-state index is 14.7. The molecule has 0 radical (unpaired) electrons. The van der Waals surface area contributed by atoms with E-state index < -0.39 is 17.4 Å². The molecule has 5 rings (SSSR count). The van der Waals surface area contributed by atoms with Crippen molar-refractivity contribution in [2.75, 3.05) is 0 Å². The van der Waals surface area contributed by atoms with Gasteiger partial charge >= 0.3 is 5.97 Å². The highest BCUT2D eigenvalue weighted by atomic mass is 19.1. The minimum atomic E-state index is -0.511. The lowest BCUT2D eigenvalue weighted by atomic mass is 9.68. The quantitative estimate of drug-likeness (QED) is 0.385. The van der Waals surface area contributed by atoms with E-state index in [4.69, 9.17) is 9.47 Å². The molecule has 6 unspecified atom stereocenters. The molecule has 2 aromatic carbocycles. The van der Waals surface area contributed by atoms with Gasteiger partial charge < -0.3 is 9.47 Å². The Bertz CT molecular complexity index is 958. The fourth-order valence-corrected chi connectivity index (χ4v) is 6.79. The molecule has 0 amide bonds. The molecule has 0 N–H and O–H groups in total. The zero-order chi connectivity index (χ0) is 21.6. The van der Waals surface area contributed by atoms with Crippen molar-refractivity contribution >= 4 is 5.97 Å². The molecule has 0 saturated heterocycles. The van der Waals surface area contributed by atoms with E-state index in [0.717, 1.165) is 24.2 Å². The first-order valence-electron chi connectivity index (χ1n) is 11.7. The minimum absolute atomic E-state index is 0.151. The van der Waals surface area contributed by atoms with Crippen LogP contribution in [0.15, 0.2) is 48.5 Å². The molecule has 3 aliphatic rings. The monoisotopic (exact) mass is 422 g/mol. The summed E-state index contributed by atoms with van der Waals surface area (Å²) in [7, 11) is 0. The summed E-state index contributed by atoms with van der Waals surface area (Å²) in [6.07, 6.45) is 7.41. The number of rotatable bonds is 6. The lowest BCUT2D eigenvalue weighted by molar-refractivity contribution is -0.0252. The zero-order valence-corrected chi connectivity index (χ0v) is 18.4. The Morgan fingerprint density at radius 1 is 1.06 bits per heavy atom. The average Bonchev–Trinajstić information content (AvgIpc) is 3.50. The van der Waals surface area contributed by atoms with Crippen LogP contribution in [0.4, 0.5) is 4.39 Å². The van der Waals surface area contributed by atoms with Gasteiger partial charge in [-0.1, -0.05) is 31.5 Å². The van der Waals surface area contributed by atoms with Crippen LogP contribution in [0.2, 0.25) is 0 Å². The Labute approximate surface area is 183 Å². The summed E-state index contributed by atoms with van der Waals surface area (Å²) in [4.78, 5) is 12.6. The summed E-state index contributed by atoms with van der Waals surface area (Å²) in [5, 5.41) is 0. The predicted molar refractivity (Wildman–Crippen MR) is 118 cm³/mol. The van der Waals surface area contributed by atoms with E-state index in [2.05, 4.69) is 13.8 Å². The summed E-state index contributed by atoms with van der Waals surface area (Å²) in [5.74, 6) is 3.36. The number of para-hydroxylation sites is 1. The van der Waals surface area contributed by atoms with E-state index in [1.807, 2.05) is 6.07 Å². The van der Waals surface area contributed by atoms with E-state index in [0.29, 0.717) is 23.1 Å². The van der Waals surface area contributed by atoms with Crippen LogP contribution in [-0.4, -0.2) is 11.6 Å². The number of hydrogen-bond donors (Lipinski definition) is 0. The molecule has 31 heavy (non-hydrogen) atoms. The SMILES string of the molecule is CCC(C)(Oc1cc(C(=O)Oc2ccccc2)ccc1F)C1CC2CC1C1CCCC21. The summed E-state index contributed by atoms with van der Waals surface area (Å²) >= 11 is 0. The van der Waals surface area contributed by atoms with Crippen LogP contribution >= 0.6 is 0 Å². The van der Waals surface area contributed by atoms with Gasteiger partial charge in [0.1, 0.15) is 11.4 Å². The molecule has 0 heterocycles. The molecular weight excluding hydrogens is 391 g/mol. The van der Waals surface area contributed by atoms with Gasteiger partial charge in [-0.15, -0.1) is 0 Å². The fourth-order valence-electron chi connectivity index (χ4n) is 6.79. The van der Waals surface area contributed by atoms with Crippen LogP contribution in [-0.2, 0) is 0 Å². The Hall–Kier alpha value is -2.36. The number of carbonyl (C=O) groups excluding carboxylic acids is 1. The second-order valence-corrected chi connectivity index (χ2v) is 9.88. The van der Waals surface area contributed by atoms with Crippen molar-refractivity contribution in [1.82, 2.24) is 0 Å². The number of hydrogen-bond acceptors (Lipinski definition) is 3. The Balaban J connectivity index is 1.36. The number of esters is 1. The van der Waals surface area contributed by atoms with Crippen LogP contribution in [0, 0.1) is 35.4 Å². The van der Waals surface area contributed by atoms with E-state index in [1.165, 1.54) is 50.3 Å². The normalized spacial score (nSPS) is 30.6. The Morgan fingerprint density at radius 3 is 2.61 bits per heavy atom. The van der Waals surface area contributed by atoms with Crippen molar-refractivity contribution in [2.24, 2.45) is 29.6 Å². The summed E-state index contributed by atoms with van der Waals surface area (Å²) in [5.41, 5.74) is -0.141. The molecule has 0 spiro atoms. The molecular formula is C27H31FO3. The molecule has 3 saturated carbocycles. The number of ether oxygens (including phenoxy) is 2. The van der Waals surface area contributed by atoms with Gasteiger partial charge in [0.25, 0.3) is 0 Å². The number of carbonyl (C=O) groups is 1. The summed E-state index contributed by atoms with van der Waals surface area (Å²) in [6, 6.07) is 13.2. The van der Waals surface area contributed by atoms with Crippen LogP contribution in [0.25, 0.3) is 0 Å². The maximum Gasteiger partial charge on any atom is 0.343 e. The summed E-state index contributed by atoms with van der Waals surface area (Å²) < 4.78 is 26.6. The third-order valence-corrected chi connectivity index (χ3v) is 8.38. The lowest BCUT2D eigenvalue weighted by Crippen LogP contribution is -2.45. The third kappa shape index (κ3) is 3.64. The largest absolute Gasteiger partial charge is 0.484 e. The van der Waals surface area contributed by atoms with Gasteiger partial charge in [-0.05, 0) is 93.0 Å². The topological polar surface area (TPSA) is 35.5 Å². The zero-order valence-electron chi connectivity index (χ0n) is 18.4. The van der Waals surface area contributed by atoms with Gasteiger partial charge in [0, 0.05) is 5.92 Å². The highest BCUT2D eigenvalue weighted by Gasteiger charge is 2.58. The van der Waals surface area contributed by atoms with Crippen molar-refractivity contribution in [3.8, 4) is 11.5 Å². The van der Waals surface area contributed by atoms with Gasteiger partial charge in [0.15, 0.2) is 11.6 Å². The first-order valence-corrected chi connectivity index (χ1v) is 11.7. The van der Waals surface area contributed by atoms with Crippen molar-refractivity contribution in [1.29, 1.82) is 0 Å². The molecule has 3 aliphatic carbocycles. The standard InChI is InChI=1S/C27H31FO3/c1-3-27(2,23-15-18-14-22(23)21-11-7-10-20(18)21)31-25-16-17(12-13-24(25)28)26(29)30-19-8-5-4-6-9-19/h4-6,8-9,12-13,16,18,20-23H,3,7,10-11,14-15H2,1-2H3. The van der Waals surface area contributed by atoms with Gasteiger partial charge in [-0.25, -0.2) is 9.18 Å². The second kappa shape index (κ2) is 7.96. The van der Waals surface area contributed by atoms with Gasteiger partial charge in [-0.3, -0.25) is 0 Å². The molecule has 0 aromatic heterocycles. The van der Waals surface area contributed by atoms with Crippen molar-refractivity contribution in [3.63, 3.8) is 0 Å². The number of benzene rings is 2. The minimum Gasteiger partial charge on any atom is -0.484 e. The fraction of sp³-hybridized carbons (Fsp3) is 0.519. The van der Waals surface area contributed by atoms with Gasteiger partial charge in [0.2, 0.25) is 0 Å². The average molecular weight is 423 g/mol. The van der Waals surface area contributed by atoms with E-state index in [9.17, 15) is 9.18 Å². The summed E-state index contributed by atoms with van der Waals surface area (Å²) in [6.45, 7) is 4.26. The van der Waals surface area contributed by atoms with E-state index in [-0.39, 0.29) is 5.75 Å². The highest BCUT2D eigenvalue weighted by Crippen LogP contribution is 2.63. The third-order valence-electron chi connectivity index (χ3n) is 8.38. The second-order valence-electron chi connectivity index (χ2n) is 9.88. The number of fused-ring (bicyclic) bond motifs is 5. The number of halogens is 1. The van der Waals surface area contributed by atoms with Gasteiger partial charge in [-0.2, -0.15) is 0 Å². The van der Waals surface area contributed by atoms with Crippen LogP contribution < -0.4 is 9.47 Å². The predicted octanol–water partition coefficient (Wildman–Crippen LogP) is 6.66. The Morgan fingerprint density at radius 2 is 1.84 bits per heavy atom. The molecule has 164 valence electrons. The van der Waals surface area contributed by atoms with Crippen LogP contribution in [0.5, 0.6) is 11.5 Å². The van der Waals surface area contributed by atoms with Gasteiger partial charge in [0.05, 0.1) is 5.56 Å². The molecule has 0 aliphatic heterocycles. The molecule has 4 heteroatoms. The molecule has 2 aromatic rings. The van der Waals surface area contributed by atoms with Crippen molar-refractivity contribution < 1.29 is 18.7 Å². The Kier molecular flexibility index (Phi) is 5.27. The molecule has 3 fully saturated rings. The van der Waals surface area contributed by atoms with Crippen LogP contribution in [0.1, 0.15) is 62.7 Å². The molecule has 2 bridgehead atoms. The van der Waals surface area contributed by atoms with Crippen molar-refractivity contribution in [2.45, 2.75) is 58.0 Å². The molecule has 3 nitrogen and oxygen atoms in total. The van der Waals surface area contributed by atoms with E-state index in [1.54, 1.807) is 24.3 Å². The van der Waals surface area contributed by atoms with Crippen LogP contribution in [0.3, 0.4) is 0 Å². The lowest BCUT2D eigenvalue weighted by Gasteiger charge is -2.43. The molecule has 6 atom stereocenters. The van der Waals surface area contributed by atoms with E-state index >= 15 is 0 Å².